The highest BCUT2D eigenvalue weighted by Gasteiger charge is 2.50. The van der Waals surface area contributed by atoms with Gasteiger partial charge in [-0.05, 0) is 45.1 Å². The van der Waals surface area contributed by atoms with E-state index in [1.54, 1.807) is 16.9 Å². The second kappa shape index (κ2) is 9.90. The number of nitrogens with one attached hydrogen (secondary N) is 1. The summed E-state index contributed by atoms with van der Waals surface area (Å²) in [6.45, 7) is 4.41. The van der Waals surface area contributed by atoms with Crippen LogP contribution in [0, 0.1) is 11.4 Å². The van der Waals surface area contributed by atoms with Gasteiger partial charge < -0.3 is 24.8 Å². The van der Waals surface area contributed by atoms with Gasteiger partial charge in [0.1, 0.15) is 22.1 Å². The van der Waals surface area contributed by atoms with Crippen molar-refractivity contribution in [2.24, 2.45) is 5.41 Å². The number of hydrogen-bond acceptors (Lipinski definition) is 8. The number of piperidine rings is 1. The van der Waals surface area contributed by atoms with Crippen LogP contribution >= 0.6 is 11.6 Å². The Hall–Kier alpha value is -3.09. The van der Waals surface area contributed by atoms with Crippen LogP contribution in [0.4, 0.5) is 15.0 Å². The Balaban J connectivity index is 1.33. The van der Waals surface area contributed by atoms with E-state index in [9.17, 15) is 14.3 Å². The van der Waals surface area contributed by atoms with Crippen molar-refractivity contribution in [1.29, 1.82) is 0 Å². The number of carbonyl (C=O) groups is 1. The zero-order valence-corrected chi connectivity index (χ0v) is 21.7. The molecule has 0 bridgehead atoms. The molecule has 0 saturated carbocycles. The van der Waals surface area contributed by atoms with E-state index in [4.69, 9.17) is 36.1 Å². The number of rotatable bonds is 4. The minimum Gasteiger partial charge on any atom is -0.465 e. The number of anilines is 1. The van der Waals surface area contributed by atoms with Gasteiger partial charge in [0.15, 0.2) is 11.9 Å². The zero-order valence-electron chi connectivity index (χ0n) is 20.9. The molecule has 13 heteroatoms. The fourth-order valence-corrected chi connectivity index (χ4v) is 6.17. The summed E-state index contributed by atoms with van der Waals surface area (Å²) in [6.07, 6.45) is 5.80. The number of hydrogen-bond donors (Lipinski definition) is 2. The molecule has 0 radical (unpaired) electrons. The standard InChI is InChI=1S/C25H29ClFN7O4/c1-14-21(31-24(35)36)25(13-38-14)6-9-33(10-7-25)16-12-29-20-19(15-5-8-28-22(27)18(15)26)32-34(23(20)30-16)17-4-2-3-11-37-17/h5,8,12,14,17,21,31H,2-4,6-7,9-11,13H2,1H3,(H,35,36)/t14-,17?,21+/m0/s1. The molecular formula is C25H29ClFN7O4. The first kappa shape index (κ1) is 25.2. The summed E-state index contributed by atoms with van der Waals surface area (Å²) in [5.74, 6) is -0.0777. The highest BCUT2D eigenvalue weighted by Crippen LogP contribution is 2.43. The molecule has 2 N–H and O–H groups in total. The molecule has 1 unspecified atom stereocenters. The second-order valence-corrected chi connectivity index (χ2v) is 10.6. The van der Waals surface area contributed by atoms with Crippen LogP contribution in [-0.2, 0) is 9.47 Å². The molecule has 3 aliphatic rings. The SMILES string of the molecule is C[C@@H]1OCC2(CCN(c3cnc4c(-c5ccnc(F)c5Cl)nn(C5CCCCO5)c4n3)CC2)[C@@H]1NC(=O)O. The second-order valence-electron chi connectivity index (χ2n) is 10.3. The van der Waals surface area contributed by atoms with E-state index in [0.717, 1.165) is 32.1 Å². The molecule has 0 aromatic carbocycles. The molecule has 0 aliphatic carbocycles. The zero-order chi connectivity index (χ0) is 26.4. The van der Waals surface area contributed by atoms with Gasteiger partial charge in [-0.15, -0.1) is 0 Å². The molecular weight excluding hydrogens is 517 g/mol. The minimum atomic E-state index is -1.03. The number of halogens is 2. The van der Waals surface area contributed by atoms with Gasteiger partial charge in [0.25, 0.3) is 0 Å². The van der Waals surface area contributed by atoms with Gasteiger partial charge in [-0.3, -0.25) is 0 Å². The Labute approximate surface area is 223 Å². The monoisotopic (exact) mass is 545 g/mol. The molecule has 3 aliphatic heterocycles. The van der Waals surface area contributed by atoms with Crippen molar-refractivity contribution in [2.75, 3.05) is 31.2 Å². The molecule has 3 saturated heterocycles. The van der Waals surface area contributed by atoms with Crippen molar-refractivity contribution in [2.45, 2.75) is 57.4 Å². The third-order valence-electron chi connectivity index (χ3n) is 8.05. The Morgan fingerprint density at radius 3 is 2.82 bits per heavy atom. The van der Waals surface area contributed by atoms with Gasteiger partial charge in [0.2, 0.25) is 5.95 Å². The van der Waals surface area contributed by atoms with E-state index in [1.807, 2.05) is 6.92 Å². The predicted molar refractivity (Wildman–Crippen MR) is 137 cm³/mol. The van der Waals surface area contributed by atoms with Gasteiger partial charge in [-0.25, -0.2) is 24.4 Å². The summed E-state index contributed by atoms with van der Waals surface area (Å²) >= 11 is 6.26. The lowest BCUT2D eigenvalue weighted by molar-refractivity contribution is -0.0368. The van der Waals surface area contributed by atoms with E-state index in [2.05, 4.69) is 15.2 Å². The smallest absolute Gasteiger partial charge is 0.404 e. The Morgan fingerprint density at radius 2 is 2.08 bits per heavy atom. The summed E-state index contributed by atoms with van der Waals surface area (Å²) in [5.41, 5.74) is 1.62. The van der Waals surface area contributed by atoms with Crippen molar-refractivity contribution < 1.29 is 23.8 Å². The number of carboxylic acid groups (broad SMARTS) is 1. The van der Waals surface area contributed by atoms with Crippen molar-refractivity contribution in [1.82, 2.24) is 30.0 Å². The number of aromatic nitrogens is 5. The average molecular weight is 546 g/mol. The van der Waals surface area contributed by atoms with Crippen LogP contribution in [0.3, 0.4) is 0 Å². The van der Waals surface area contributed by atoms with Gasteiger partial charge in [0, 0.05) is 36.9 Å². The maximum absolute atomic E-state index is 14.2. The van der Waals surface area contributed by atoms with Crippen LogP contribution in [0.2, 0.25) is 5.02 Å². The molecule has 3 aromatic rings. The maximum Gasteiger partial charge on any atom is 0.404 e. The maximum atomic E-state index is 14.2. The lowest BCUT2D eigenvalue weighted by Gasteiger charge is -2.42. The van der Waals surface area contributed by atoms with E-state index in [1.165, 1.54) is 6.20 Å². The molecule has 1 spiro atoms. The molecule has 1 amide bonds. The van der Waals surface area contributed by atoms with Gasteiger partial charge >= 0.3 is 6.09 Å². The van der Waals surface area contributed by atoms with Gasteiger partial charge in [-0.1, -0.05) is 11.6 Å². The fourth-order valence-electron chi connectivity index (χ4n) is 5.97. The first-order valence-electron chi connectivity index (χ1n) is 12.9. The van der Waals surface area contributed by atoms with Gasteiger partial charge in [-0.2, -0.15) is 9.49 Å². The number of amides is 1. The molecule has 3 aromatic heterocycles. The van der Waals surface area contributed by atoms with Crippen LogP contribution in [0.1, 0.15) is 45.3 Å². The number of pyridine rings is 1. The van der Waals surface area contributed by atoms with Crippen LogP contribution in [0.25, 0.3) is 22.4 Å². The van der Waals surface area contributed by atoms with Crippen LogP contribution in [0.15, 0.2) is 18.5 Å². The van der Waals surface area contributed by atoms with Crippen molar-refractivity contribution in [3.05, 3.63) is 29.4 Å². The van der Waals surface area contributed by atoms with E-state index in [-0.39, 0.29) is 28.8 Å². The van der Waals surface area contributed by atoms with Crippen LogP contribution in [-0.4, -0.2) is 74.4 Å². The third-order valence-corrected chi connectivity index (χ3v) is 8.41. The first-order chi connectivity index (χ1) is 18.4. The quantitative estimate of drug-likeness (QED) is 0.467. The van der Waals surface area contributed by atoms with Crippen molar-refractivity contribution in [3.8, 4) is 11.3 Å². The van der Waals surface area contributed by atoms with E-state index in [0.29, 0.717) is 54.5 Å². The Kier molecular flexibility index (Phi) is 6.57. The van der Waals surface area contributed by atoms with Gasteiger partial charge in [0.05, 0.1) is 24.9 Å². The van der Waals surface area contributed by atoms with Crippen LogP contribution in [0.5, 0.6) is 0 Å². The van der Waals surface area contributed by atoms with Crippen molar-refractivity contribution in [3.63, 3.8) is 0 Å². The average Bonchev–Trinajstić information content (AvgIpc) is 3.44. The molecule has 38 heavy (non-hydrogen) atoms. The van der Waals surface area contributed by atoms with Crippen LogP contribution < -0.4 is 10.2 Å². The summed E-state index contributed by atoms with van der Waals surface area (Å²) in [7, 11) is 0. The Bertz CT molecular complexity index is 1360. The number of ether oxygens (including phenoxy) is 2. The van der Waals surface area contributed by atoms with Crippen molar-refractivity contribution >= 4 is 34.7 Å². The topological polar surface area (TPSA) is 128 Å². The molecule has 3 atom stereocenters. The lowest BCUT2D eigenvalue weighted by atomic mass is 9.73. The summed E-state index contributed by atoms with van der Waals surface area (Å²) < 4.78 is 27.8. The molecule has 3 fully saturated rings. The Morgan fingerprint density at radius 1 is 1.26 bits per heavy atom. The van der Waals surface area contributed by atoms with E-state index < -0.39 is 12.0 Å². The largest absolute Gasteiger partial charge is 0.465 e. The molecule has 6 rings (SSSR count). The molecule has 11 nitrogen and oxygen atoms in total. The normalized spacial score (nSPS) is 25.2. The highest BCUT2D eigenvalue weighted by atomic mass is 35.5. The summed E-state index contributed by atoms with van der Waals surface area (Å²) in [6, 6.07) is 1.36. The predicted octanol–water partition coefficient (Wildman–Crippen LogP) is 4.02. The summed E-state index contributed by atoms with van der Waals surface area (Å²) in [4.78, 5) is 26.8. The first-order valence-corrected chi connectivity index (χ1v) is 13.3. The lowest BCUT2D eigenvalue weighted by Crippen LogP contribution is -2.54. The number of nitrogens with zero attached hydrogens (tertiary/aromatic N) is 6. The molecule has 6 heterocycles. The fraction of sp³-hybridized carbons (Fsp3) is 0.560. The number of fused-ring (bicyclic) bond motifs is 1. The summed E-state index contributed by atoms with van der Waals surface area (Å²) in [5, 5.41) is 16.7. The van der Waals surface area contributed by atoms with E-state index >= 15 is 0 Å². The highest BCUT2D eigenvalue weighted by molar-refractivity contribution is 6.33. The molecule has 202 valence electrons. The third kappa shape index (κ3) is 4.34. The minimum absolute atomic E-state index is 0.117.